The van der Waals surface area contributed by atoms with Gasteiger partial charge in [-0.25, -0.2) is 13.1 Å². The largest absolute Gasteiger partial charge is 0.481 e. The third-order valence-electron chi connectivity index (χ3n) is 4.47. The Morgan fingerprint density at radius 3 is 2.37 bits per heavy atom. The second-order valence-corrected chi connectivity index (χ2v) is 8.63. The second kappa shape index (κ2) is 7.80. The summed E-state index contributed by atoms with van der Waals surface area (Å²) in [5.74, 6) is -1.24. The summed E-state index contributed by atoms with van der Waals surface area (Å²) >= 11 is 5.80. The van der Waals surface area contributed by atoms with E-state index in [-0.39, 0.29) is 29.6 Å². The number of ketones is 1. The van der Waals surface area contributed by atoms with Gasteiger partial charge in [0.05, 0.1) is 11.3 Å². The van der Waals surface area contributed by atoms with Crippen molar-refractivity contribution in [3.63, 3.8) is 0 Å². The van der Waals surface area contributed by atoms with Crippen molar-refractivity contribution in [2.24, 2.45) is 0 Å². The number of benzene rings is 2. The molecule has 0 radical (unpaired) electrons. The summed E-state index contributed by atoms with van der Waals surface area (Å²) < 4.78 is 27.7. The van der Waals surface area contributed by atoms with E-state index in [4.69, 9.17) is 16.7 Å². The van der Waals surface area contributed by atoms with E-state index >= 15 is 0 Å². The minimum absolute atomic E-state index is 0.0548. The van der Waals surface area contributed by atoms with Crippen LogP contribution in [0.4, 0.5) is 0 Å². The molecule has 3 rings (SSSR count). The topological polar surface area (TPSA) is 101 Å². The van der Waals surface area contributed by atoms with Crippen molar-refractivity contribution in [2.75, 3.05) is 0 Å². The molecule has 1 aliphatic carbocycles. The Balaban J connectivity index is 1.69. The zero-order chi connectivity index (χ0) is 19.6. The van der Waals surface area contributed by atoms with Crippen LogP contribution in [0.3, 0.4) is 0 Å². The first-order valence-corrected chi connectivity index (χ1v) is 10.3. The number of nitrogens with one attached hydrogen (secondary N) is 1. The van der Waals surface area contributed by atoms with Gasteiger partial charge in [0, 0.05) is 23.0 Å². The van der Waals surface area contributed by atoms with E-state index in [2.05, 4.69) is 4.72 Å². The fraction of sp³-hybridized carbons (Fsp3) is 0.263. The average molecular weight is 408 g/mol. The molecule has 0 spiro atoms. The summed E-state index contributed by atoms with van der Waals surface area (Å²) in [5, 5.41) is 9.15. The fourth-order valence-corrected chi connectivity index (χ4v) is 4.50. The Hall–Kier alpha value is -2.22. The molecule has 6 nitrogen and oxygen atoms in total. The highest BCUT2D eigenvalue weighted by Crippen LogP contribution is 2.25. The number of carboxylic acids is 1. The summed E-state index contributed by atoms with van der Waals surface area (Å²) in [4.78, 5) is 22.8. The monoisotopic (exact) mass is 407 g/mol. The fourth-order valence-electron chi connectivity index (χ4n) is 3.14. The molecule has 0 saturated heterocycles. The quantitative estimate of drug-likeness (QED) is 0.687. The summed E-state index contributed by atoms with van der Waals surface area (Å²) in [6.07, 6.45) is 0.744. The summed E-state index contributed by atoms with van der Waals surface area (Å²) in [7, 11) is -3.66. The smallest absolute Gasteiger partial charge is 0.303 e. The number of Topliss-reactive ketones (excluding diaryl/α,β-unsaturated/α-hetero) is 1. The van der Waals surface area contributed by atoms with Gasteiger partial charge in [0.2, 0.25) is 10.0 Å². The van der Waals surface area contributed by atoms with Gasteiger partial charge in [0.25, 0.3) is 0 Å². The molecule has 0 amide bonds. The molecule has 0 aromatic heterocycles. The minimum atomic E-state index is -3.66. The summed E-state index contributed by atoms with van der Waals surface area (Å²) in [5.41, 5.74) is 2.34. The number of hydrogen-bond acceptors (Lipinski definition) is 4. The van der Waals surface area contributed by atoms with Crippen LogP contribution in [0.2, 0.25) is 5.02 Å². The number of sulfonamides is 1. The van der Waals surface area contributed by atoms with Gasteiger partial charge in [-0.1, -0.05) is 23.7 Å². The lowest BCUT2D eigenvalue weighted by Gasteiger charge is -2.12. The molecule has 27 heavy (non-hydrogen) atoms. The van der Waals surface area contributed by atoms with Gasteiger partial charge in [-0.3, -0.25) is 9.59 Å². The lowest BCUT2D eigenvalue weighted by molar-refractivity contribution is -0.136. The van der Waals surface area contributed by atoms with Crippen LogP contribution >= 0.6 is 11.6 Å². The highest BCUT2D eigenvalue weighted by molar-refractivity contribution is 7.89. The van der Waals surface area contributed by atoms with Crippen LogP contribution in [0.15, 0.2) is 47.4 Å². The van der Waals surface area contributed by atoms with Crippen LogP contribution in [0.1, 0.15) is 34.3 Å². The maximum absolute atomic E-state index is 12.5. The molecule has 2 N–H and O–H groups in total. The Labute approximate surface area is 162 Å². The first-order chi connectivity index (χ1) is 12.7. The standard InChI is InChI=1S/C19H18ClNO5S/c20-15-3-5-17(6-4-15)27(25,26)21-16-10-12-1-2-13(9-14(12)11-16)18(22)7-8-19(23)24/h1-6,9,16,21H,7-8,10-11H2,(H,23,24). The number of carbonyl (C=O) groups is 2. The van der Waals surface area contributed by atoms with E-state index in [0.717, 1.165) is 11.1 Å². The molecular weight excluding hydrogens is 390 g/mol. The number of carbonyl (C=O) groups excluding carboxylic acids is 1. The Bertz CT molecular complexity index is 986. The molecular formula is C19H18ClNO5S. The van der Waals surface area contributed by atoms with Gasteiger partial charge < -0.3 is 5.11 Å². The zero-order valence-corrected chi connectivity index (χ0v) is 15.9. The van der Waals surface area contributed by atoms with Crippen molar-refractivity contribution in [2.45, 2.75) is 36.6 Å². The molecule has 2 aromatic carbocycles. The van der Waals surface area contributed by atoms with E-state index in [9.17, 15) is 18.0 Å². The van der Waals surface area contributed by atoms with Gasteiger partial charge in [-0.2, -0.15) is 0 Å². The van der Waals surface area contributed by atoms with Gasteiger partial charge in [0.15, 0.2) is 5.78 Å². The molecule has 0 heterocycles. The summed E-state index contributed by atoms with van der Waals surface area (Å²) in [6.45, 7) is 0. The number of halogens is 1. The molecule has 1 unspecified atom stereocenters. The number of carboxylic acid groups (broad SMARTS) is 1. The van der Waals surface area contributed by atoms with Crippen LogP contribution in [0.25, 0.3) is 0 Å². The van der Waals surface area contributed by atoms with E-state index < -0.39 is 16.0 Å². The van der Waals surface area contributed by atoms with E-state index in [1.54, 1.807) is 18.2 Å². The molecule has 142 valence electrons. The lowest BCUT2D eigenvalue weighted by Crippen LogP contribution is -2.35. The normalized spacial score (nSPS) is 16.1. The summed E-state index contributed by atoms with van der Waals surface area (Å²) in [6, 6.07) is 10.8. The number of aliphatic carboxylic acids is 1. The number of rotatable bonds is 7. The first-order valence-electron chi connectivity index (χ1n) is 8.39. The van der Waals surface area contributed by atoms with Crippen LogP contribution in [0.5, 0.6) is 0 Å². The second-order valence-electron chi connectivity index (χ2n) is 6.48. The predicted molar refractivity (Wildman–Crippen MR) is 101 cm³/mol. The maximum Gasteiger partial charge on any atom is 0.303 e. The number of hydrogen-bond donors (Lipinski definition) is 2. The molecule has 8 heteroatoms. The van der Waals surface area contributed by atoms with Gasteiger partial charge >= 0.3 is 5.97 Å². The van der Waals surface area contributed by atoms with Crippen LogP contribution in [-0.4, -0.2) is 31.3 Å². The van der Waals surface area contributed by atoms with E-state index in [0.29, 0.717) is 23.4 Å². The minimum Gasteiger partial charge on any atom is -0.481 e. The predicted octanol–water partition coefficient (Wildman–Crippen LogP) is 2.83. The Kier molecular flexibility index (Phi) is 5.64. The highest BCUT2D eigenvalue weighted by Gasteiger charge is 2.27. The van der Waals surface area contributed by atoms with Crippen molar-refractivity contribution < 1.29 is 23.1 Å². The van der Waals surface area contributed by atoms with Crippen molar-refractivity contribution in [1.82, 2.24) is 4.72 Å². The van der Waals surface area contributed by atoms with Crippen LogP contribution in [-0.2, 0) is 27.7 Å². The third-order valence-corrected chi connectivity index (χ3v) is 6.26. The third kappa shape index (κ3) is 4.74. The van der Waals surface area contributed by atoms with E-state index in [1.807, 2.05) is 0 Å². The number of fused-ring (bicyclic) bond motifs is 1. The van der Waals surface area contributed by atoms with Crippen molar-refractivity contribution in [1.29, 1.82) is 0 Å². The molecule has 0 bridgehead atoms. The molecule has 1 atom stereocenters. The Morgan fingerprint density at radius 1 is 1.04 bits per heavy atom. The SMILES string of the molecule is O=C(O)CCC(=O)c1ccc2c(c1)CC(NS(=O)(=O)c1ccc(Cl)cc1)C2. The lowest BCUT2D eigenvalue weighted by atomic mass is 10.0. The molecule has 2 aromatic rings. The van der Waals surface area contributed by atoms with Crippen molar-refractivity contribution in [3.8, 4) is 0 Å². The Morgan fingerprint density at radius 2 is 1.70 bits per heavy atom. The molecule has 0 saturated carbocycles. The van der Waals surface area contributed by atoms with E-state index in [1.165, 1.54) is 24.3 Å². The van der Waals surface area contributed by atoms with Gasteiger partial charge in [-0.05, 0) is 54.3 Å². The average Bonchev–Trinajstić information content (AvgIpc) is 3.00. The zero-order valence-electron chi connectivity index (χ0n) is 14.3. The molecule has 1 aliphatic rings. The van der Waals surface area contributed by atoms with Gasteiger partial charge in [-0.15, -0.1) is 0 Å². The molecule has 0 fully saturated rings. The van der Waals surface area contributed by atoms with Crippen LogP contribution in [0, 0.1) is 0 Å². The van der Waals surface area contributed by atoms with Gasteiger partial charge in [0.1, 0.15) is 0 Å². The first kappa shape index (κ1) is 19.5. The highest BCUT2D eigenvalue weighted by atomic mass is 35.5. The van der Waals surface area contributed by atoms with Crippen molar-refractivity contribution >= 4 is 33.4 Å². The molecule has 0 aliphatic heterocycles. The van der Waals surface area contributed by atoms with Crippen LogP contribution < -0.4 is 4.72 Å². The van der Waals surface area contributed by atoms with Crippen molar-refractivity contribution in [3.05, 3.63) is 64.2 Å². The maximum atomic E-state index is 12.5.